The average molecular weight is 404 g/mol. The first-order valence-corrected chi connectivity index (χ1v) is 9.63. The van der Waals surface area contributed by atoms with E-state index in [0.717, 1.165) is 0 Å². The zero-order valence-corrected chi connectivity index (χ0v) is 17.5. The molecule has 1 aromatic rings. The van der Waals surface area contributed by atoms with Gasteiger partial charge in [-0.15, -0.1) is 0 Å². The van der Waals surface area contributed by atoms with E-state index in [9.17, 15) is 19.2 Å². The molecule has 0 saturated heterocycles. The van der Waals surface area contributed by atoms with Gasteiger partial charge in [0, 0.05) is 6.54 Å². The Bertz CT molecular complexity index is 762. The molecule has 0 unspecified atom stereocenters. The van der Waals surface area contributed by atoms with E-state index in [1.54, 1.807) is 32.9 Å². The second kappa shape index (κ2) is 9.07. The van der Waals surface area contributed by atoms with Crippen LogP contribution < -0.4 is 5.32 Å². The lowest BCUT2D eigenvalue weighted by Crippen LogP contribution is -2.37. The first-order chi connectivity index (χ1) is 13.5. The molecule has 1 N–H and O–H groups in total. The summed E-state index contributed by atoms with van der Waals surface area (Å²) in [5.74, 6) is -1.99. The number of rotatable bonds is 7. The lowest BCUT2D eigenvalue weighted by molar-refractivity contribution is -0.169. The maximum absolute atomic E-state index is 12.4. The summed E-state index contributed by atoms with van der Waals surface area (Å²) in [6.45, 7) is 9.49. The number of carbonyl (C=O) groups is 4. The summed E-state index contributed by atoms with van der Waals surface area (Å²) in [4.78, 5) is 54.0. The van der Waals surface area contributed by atoms with Crippen LogP contribution >= 0.6 is 0 Å². The van der Waals surface area contributed by atoms with E-state index in [1.807, 2.05) is 13.8 Å². The number of nitrogens with zero attached hydrogens (tertiary/aromatic N) is 1. The number of benzene rings is 1. The van der Waals surface area contributed by atoms with Gasteiger partial charge < -0.3 is 14.9 Å². The molecule has 29 heavy (non-hydrogen) atoms. The molecule has 8 heteroatoms. The lowest BCUT2D eigenvalue weighted by atomic mass is 9.94. The zero-order valence-electron chi connectivity index (χ0n) is 17.5. The van der Waals surface area contributed by atoms with E-state index < -0.39 is 29.5 Å². The Balaban J connectivity index is 1.95. The number of nitrogens with one attached hydrogen (secondary N) is 1. The van der Waals surface area contributed by atoms with Crippen molar-refractivity contribution < 1.29 is 28.8 Å². The van der Waals surface area contributed by atoms with Crippen molar-refractivity contribution in [2.24, 2.45) is 11.8 Å². The monoisotopic (exact) mass is 404 g/mol. The zero-order chi connectivity index (χ0) is 21.8. The van der Waals surface area contributed by atoms with Crippen LogP contribution in [0.15, 0.2) is 24.3 Å². The van der Waals surface area contributed by atoms with Gasteiger partial charge in [0.25, 0.3) is 11.8 Å². The van der Waals surface area contributed by atoms with Crippen molar-refractivity contribution in [2.75, 3.05) is 6.54 Å². The van der Waals surface area contributed by atoms with Crippen LogP contribution in [0.2, 0.25) is 0 Å². The Morgan fingerprint density at radius 2 is 1.62 bits per heavy atom. The molecule has 0 saturated carbocycles. The summed E-state index contributed by atoms with van der Waals surface area (Å²) in [5, 5.41) is 3.16. The highest BCUT2D eigenvalue weighted by molar-refractivity contribution is 6.20. The number of amides is 3. The van der Waals surface area contributed by atoms with Crippen molar-refractivity contribution in [1.29, 1.82) is 0 Å². The number of hydrogen-bond acceptors (Lipinski definition) is 6. The first kappa shape index (κ1) is 22.4. The molecule has 0 bridgehead atoms. The molecule has 8 nitrogen and oxygen atoms in total. The Morgan fingerprint density at radius 3 is 2.10 bits per heavy atom. The highest BCUT2D eigenvalue weighted by Crippen LogP contribution is 2.24. The fraction of sp³-hybridized carbons (Fsp3) is 0.524. The van der Waals surface area contributed by atoms with Crippen molar-refractivity contribution in [3.8, 4) is 0 Å². The minimum Gasteiger partial charge on any atom is -0.444 e. The Morgan fingerprint density at radius 1 is 1.07 bits per heavy atom. The molecule has 0 fully saturated rings. The molecule has 158 valence electrons. The predicted molar refractivity (Wildman–Crippen MR) is 105 cm³/mol. The van der Waals surface area contributed by atoms with Crippen LogP contribution in [0, 0.1) is 11.8 Å². The molecular weight excluding hydrogens is 376 g/mol. The Hall–Kier alpha value is -2.90. The topological polar surface area (TPSA) is 102 Å². The van der Waals surface area contributed by atoms with E-state index >= 15 is 0 Å². The van der Waals surface area contributed by atoms with Crippen molar-refractivity contribution >= 4 is 23.9 Å². The highest BCUT2D eigenvalue weighted by atomic mass is 16.7. The average Bonchev–Trinajstić information content (AvgIpc) is 2.83. The number of hydrogen-bond donors (Lipinski definition) is 1. The maximum Gasteiger partial charge on any atom is 0.407 e. The fourth-order valence-electron chi connectivity index (χ4n) is 3.07. The molecular formula is C21H28N2O6. The van der Waals surface area contributed by atoms with Gasteiger partial charge >= 0.3 is 12.1 Å². The van der Waals surface area contributed by atoms with Gasteiger partial charge in [-0.05, 0) is 51.2 Å². The standard InChI is InChI=1S/C21H28N2O6/c1-13(2)10-14(12-22-20(27)28-21(3,4)5)11-17(24)29-23-18(25)15-8-6-7-9-16(15)19(23)26/h6-9,13-14H,10-12H2,1-5H3,(H,22,27)/t14-/m0/s1. The SMILES string of the molecule is CC(C)C[C@H](CNC(=O)OC(C)(C)C)CC(=O)ON1C(=O)c2ccccc2C1=O. The molecule has 0 spiro atoms. The van der Waals surface area contributed by atoms with Gasteiger partial charge in [0.05, 0.1) is 17.5 Å². The molecule has 1 aromatic carbocycles. The van der Waals surface area contributed by atoms with Crippen LogP contribution in [0.4, 0.5) is 4.79 Å². The van der Waals surface area contributed by atoms with Crippen molar-refractivity contribution in [3.05, 3.63) is 35.4 Å². The van der Waals surface area contributed by atoms with Crippen LogP contribution in [-0.4, -0.2) is 41.1 Å². The number of ether oxygens (including phenoxy) is 1. The molecule has 2 rings (SSSR count). The van der Waals surface area contributed by atoms with Crippen LogP contribution in [0.25, 0.3) is 0 Å². The smallest absolute Gasteiger partial charge is 0.407 e. The molecule has 0 aliphatic carbocycles. The minimum absolute atomic E-state index is 0.0542. The van der Waals surface area contributed by atoms with Crippen LogP contribution in [0.1, 0.15) is 68.2 Å². The molecule has 0 radical (unpaired) electrons. The second-order valence-electron chi connectivity index (χ2n) is 8.50. The van der Waals surface area contributed by atoms with E-state index in [4.69, 9.17) is 9.57 Å². The summed E-state index contributed by atoms with van der Waals surface area (Å²) in [5.41, 5.74) is -0.214. The van der Waals surface area contributed by atoms with Crippen molar-refractivity contribution in [2.45, 2.75) is 53.1 Å². The molecule has 3 amide bonds. The van der Waals surface area contributed by atoms with Crippen molar-refractivity contribution in [3.63, 3.8) is 0 Å². The lowest BCUT2D eigenvalue weighted by Gasteiger charge is -2.23. The largest absolute Gasteiger partial charge is 0.444 e. The van der Waals surface area contributed by atoms with Gasteiger partial charge in [-0.25, -0.2) is 9.59 Å². The van der Waals surface area contributed by atoms with E-state index in [2.05, 4.69) is 5.32 Å². The van der Waals surface area contributed by atoms with Crippen LogP contribution in [0.3, 0.4) is 0 Å². The fourth-order valence-corrected chi connectivity index (χ4v) is 3.07. The van der Waals surface area contributed by atoms with Gasteiger partial charge in [-0.1, -0.05) is 31.0 Å². The molecule has 1 heterocycles. The number of alkyl carbamates (subject to hydrolysis) is 1. The third-order valence-electron chi connectivity index (χ3n) is 4.14. The highest BCUT2D eigenvalue weighted by Gasteiger charge is 2.38. The number of hydroxylamine groups is 2. The number of carbonyl (C=O) groups excluding carboxylic acids is 4. The summed E-state index contributed by atoms with van der Waals surface area (Å²) < 4.78 is 5.21. The van der Waals surface area contributed by atoms with E-state index in [1.165, 1.54) is 12.1 Å². The normalized spacial score (nSPS) is 14.6. The summed E-state index contributed by atoms with van der Waals surface area (Å²) in [6, 6.07) is 6.29. The first-order valence-electron chi connectivity index (χ1n) is 9.63. The van der Waals surface area contributed by atoms with Gasteiger partial charge in [0.1, 0.15) is 5.60 Å². The maximum atomic E-state index is 12.4. The number of fused-ring (bicyclic) bond motifs is 1. The van der Waals surface area contributed by atoms with Gasteiger partial charge in [-0.2, -0.15) is 0 Å². The molecule has 0 aromatic heterocycles. The molecule has 1 aliphatic rings. The van der Waals surface area contributed by atoms with Gasteiger partial charge in [0.2, 0.25) is 0 Å². The van der Waals surface area contributed by atoms with Crippen molar-refractivity contribution in [1.82, 2.24) is 10.4 Å². The second-order valence-corrected chi connectivity index (χ2v) is 8.50. The third kappa shape index (κ3) is 6.30. The number of imide groups is 1. The Labute approximate surface area is 170 Å². The summed E-state index contributed by atoms with van der Waals surface area (Å²) >= 11 is 0. The van der Waals surface area contributed by atoms with E-state index in [0.29, 0.717) is 11.5 Å². The molecule has 1 atom stereocenters. The summed E-state index contributed by atoms with van der Waals surface area (Å²) in [6.07, 6.45) is 0.0222. The predicted octanol–water partition coefficient (Wildman–Crippen LogP) is 3.32. The molecule has 1 aliphatic heterocycles. The van der Waals surface area contributed by atoms with Gasteiger partial charge in [0.15, 0.2) is 0 Å². The Kier molecular flexibility index (Phi) is 7.00. The van der Waals surface area contributed by atoms with Gasteiger partial charge in [-0.3, -0.25) is 9.59 Å². The van der Waals surface area contributed by atoms with Crippen LogP contribution in [-0.2, 0) is 14.4 Å². The summed E-state index contributed by atoms with van der Waals surface area (Å²) in [7, 11) is 0. The minimum atomic E-state index is -0.712. The van der Waals surface area contributed by atoms with Crippen LogP contribution in [0.5, 0.6) is 0 Å². The van der Waals surface area contributed by atoms with E-state index in [-0.39, 0.29) is 35.9 Å². The quantitative estimate of drug-likeness (QED) is 0.700. The third-order valence-corrected chi connectivity index (χ3v) is 4.14.